The van der Waals surface area contributed by atoms with Crippen LogP contribution < -0.4 is 0 Å². The summed E-state index contributed by atoms with van der Waals surface area (Å²) >= 11 is 0. The van der Waals surface area contributed by atoms with Gasteiger partial charge < -0.3 is 9.64 Å². The quantitative estimate of drug-likeness (QED) is 0.375. The number of carbonyl (C=O) groups is 2. The SMILES string of the molecule is CC(=O)N1CCN(S(=O)(=O)c2cccc(C(=O)OCc3ccccc3[N+](=O)[O-])c2)CC1. The van der Waals surface area contributed by atoms with Gasteiger partial charge in [0.15, 0.2) is 0 Å². The molecule has 0 bridgehead atoms. The largest absolute Gasteiger partial charge is 0.457 e. The molecule has 164 valence electrons. The van der Waals surface area contributed by atoms with Crippen LogP contribution in [0.5, 0.6) is 0 Å². The van der Waals surface area contributed by atoms with Gasteiger partial charge in [0.1, 0.15) is 6.61 Å². The molecule has 1 amide bonds. The van der Waals surface area contributed by atoms with E-state index in [1.165, 1.54) is 53.7 Å². The number of nitro benzene ring substituents is 1. The third-order valence-electron chi connectivity index (χ3n) is 4.94. The summed E-state index contributed by atoms with van der Waals surface area (Å²) in [7, 11) is -3.85. The molecule has 1 heterocycles. The van der Waals surface area contributed by atoms with Crippen LogP contribution in [0.2, 0.25) is 0 Å². The molecule has 1 fully saturated rings. The van der Waals surface area contributed by atoms with Crippen LogP contribution in [0.4, 0.5) is 5.69 Å². The number of hydrogen-bond donors (Lipinski definition) is 0. The Labute approximate surface area is 179 Å². The van der Waals surface area contributed by atoms with E-state index in [2.05, 4.69) is 0 Å². The second kappa shape index (κ2) is 9.23. The first-order chi connectivity index (χ1) is 14.7. The average Bonchev–Trinajstić information content (AvgIpc) is 2.77. The van der Waals surface area contributed by atoms with E-state index in [1.54, 1.807) is 11.0 Å². The molecule has 0 unspecified atom stereocenters. The lowest BCUT2D eigenvalue weighted by atomic mass is 10.2. The van der Waals surface area contributed by atoms with E-state index >= 15 is 0 Å². The third kappa shape index (κ3) is 5.06. The van der Waals surface area contributed by atoms with Crippen LogP contribution >= 0.6 is 0 Å². The van der Waals surface area contributed by atoms with Gasteiger partial charge in [0.05, 0.1) is 20.9 Å². The Kier molecular flexibility index (Phi) is 6.66. The highest BCUT2D eigenvalue weighted by molar-refractivity contribution is 7.89. The minimum atomic E-state index is -3.85. The molecule has 0 spiro atoms. The van der Waals surface area contributed by atoms with E-state index in [-0.39, 0.29) is 47.3 Å². The van der Waals surface area contributed by atoms with Gasteiger partial charge in [-0.2, -0.15) is 4.31 Å². The number of benzene rings is 2. The van der Waals surface area contributed by atoms with Crippen LogP contribution in [0.3, 0.4) is 0 Å². The minimum absolute atomic E-state index is 0.0158. The molecule has 1 aliphatic rings. The van der Waals surface area contributed by atoms with Gasteiger partial charge in [-0.3, -0.25) is 14.9 Å². The molecule has 0 saturated carbocycles. The highest BCUT2D eigenvalue weighted by atomic mass is 32.2. The summed E-state index contributed by atoms with van der Waals surface area (Å²) in [5, 5.41) is 11.1. The molecule has 2 aromatic rings. The fourth-order valence-electron chi connectivity index (χ4n) is 3.21. The molecule has 0 aliphatic carbocycles. The van der Waals surface area contributed by atoms with Crippen molar-refractivity contribution in [3.63, 3.8) is 0 Å². The third-order valence-corrected chi connectivity index (χ3v) is 6.83. The number of piperazine rings is 1. The Hall–Kier alpha value is -3.31. The van der Waals surface area contributed by atoms with Crippen molar-refractivity contribution in [1.29, 1.82) is 0 Å². The number of amides is 1. The first-order valence-corrected chi connectivity index (χ1v) is 10.9. The number of nitro groups is 1. The number of sulfonamides is 1. The molecule has 1 saturated heterocycles. The molecule has 0 aromatic heterocycles. The lowest BCUT2D eigenvalue weighted by Crippen LogP contribution is -2.49. The average molecular weight is 447 g/mol. The van der Waals surface area contributed by atoms with E-state index < -0.39 is 20.9 Å². The van der Waals surface area contributed by atoms with Crippen molar-refractivity contribution in [1.82, 2.24) is 9.21 Å². The van der Waals surface area contributed by atoms with Crippen molar-refractivity contribution in [2.45, 2.75) is 18.4 Å². The molecule has 3 rings (SSSR count). The van der Waals surface area contributed by atoms with Gasteiger partial charge in [0, 0.05) is 39.2 Å². The zero-order chi connectivity index (χ0) is 22.6. The molecule has 0 atom stereocenters. The second-order valence-electron chi connectivity index (χ2n) is 6.90. The first-order valence-electron chi connectivity index (χ1n) is 9.45. The molecular weight excluding hydrogens is 426 g/mol. The molecule has 2 aromatic carbocycles. The maximum absolute atomic E-state index is 12.9. The van der Waals surface area contributed by atoms with Gasteiger partial charge in [-0.1, -0.05) is 18.2 Å². The summed E-state index contributed by atoms with van der Waals surface area (Å²) in [6.45, 7) is 2.03. The van der Waals surface area contributed by atoms with Crippen LogP contribution in [-0.2, 0) is 26.2 Å². The van der Waals surface area contributed by atoms with Gasteiger partial charge in [-0.15, -0.1) is 0 Å². The van der Waals surface area contributed by atoms with Crippen LogP contribution in [0.1, 0.15) is 22.8 Å². The second-order valence-corrected chi connectivity index (χ2v) is 8.84. The van der Waals surface area contributed by atoms with Crippen molar-refractivity contribution in [2.75, 3.05) is 26.2 Å². The van der Waals surface area contributed by atoms with Gasteiger partial charge in [-0.05, 0) is 24.3 Å². The number of rotatable bonds is 6. The Bertz CT molecular complexity index is 1110. The van der Waals surface area contributed by atoms with E-state index in [9.17, 15) is 28.1 Å². The van der Waals surface area contributed by atoms with Crippen LogP contribution in [-0.4, -0.2) is 60.6 Å². The molecule has 11 heteroatoms. The Morgan fingerprint density at radius 3 is 2.39 bits per heavy atom. The van der Waals surface area contributed by atoms with Crippen LogP contribution in [0.15, 0.2) is 53.4 Å². The summed E-state index contributed by atoms with van der Waals surface area (Å²) in [6.07, 6.45) is 0. The number of ether oxygens (including phenoxy) is 1. The van der Waals surface area contributed by atoms with E-state index in [4.69, 9.17) is 4.74 Å². The normalized spacial score (nSPS) is 14.8. The predicted octanol–water partition coefficient (Wildman–Crippen LogP) is 1.80. The number of esters is 1. The molecule has 1 aliphatic heterocycles. The summed E-state index contributed by atoms with van der Waals surface area (Å²) in [5.74, 6) is -0.906. The van der Waals surface area contributed by atoms with Crippen molar-refractivity contribution < 1.29 is 27.7 Å². The van der Waals surface area contributed by atoms with Gasteiger partial charge in [0.2, 0.25) is 15.9 Å². The Morgan fingerprint density at radius 2 is 1.74 bits per heavy atom. The summed E-state index contributed by atoms with van der Waals surface area (Å²) in [6, 6.07) is 11.3. The molecule has 10 nitrogen and oxygen atoms in total. The zero-order valence-corrected chi connectivity index (χ0v) is 17.6. The highest BCUT2D eigenvalue weighted by Gasteiger charge is 2.29. The van der Waals surface area contributed by atoms with E-state index in [0.29, 0.717) is 13.1 Å². The monoisotopic (exact) mass is 447 g/mol. The van der Waals surface area contributed by atoms with Crippen LogP contribution in [0, 0.1) is 10.1 Å². The standard InChI is InChI=1S/C20H21N3O7S/c1-15(24)21-9-11-22(12-10-21)31(28,29)18-7-4-6-16(13-18)20(25)30-14-17-5-2-3-8-19(17)23(26)27/h2-8,13H,9-12,14H2,1H3. The predicted molar refractivity (Wildman–Crippen MR) is 110 cm³/mol. The summed E-state index contributed by atoms with van der Waals surface area (Å²) in [5.41, 5.74) is 0.0753. The molecule has 0 radical (unpaired) electrons. The lowest BCUT2D eigenvalue weighted by molar-refractivity contribution is -0.385. The summed E-state index contributed by atoms with van der Waals surface area (Å²) in [4.78, 5) is 35.9. The fraction of sp³-hybridized carbons (Fsp3) is 0.300. The van der Waals surface area contributed by atoms with Gasteiger partial charge >= 0.3 is 5.97 Å². The molecule has 0 N–H and O–H groups in total. The molecule has 31 heavy (non-hydrogen) atoms. The van der Waals surface area contributed by atoms with Crippen LogP contribution in [0.25, 0.3) is 0 Å². The van der Waals surface area contributed by atoms with Gasteiger partial charge in [0.25, 0.3) is 5.69 Å². The lowest BCUT2D eigenvalue weighted by Gasteiger charge is -2.33. The highest BCUT2D eigenvalue weighted by Crippen LogP contribution is 2.21. The maximum atomic E-state index is 12.9. The van der Waals surface area contributed by atoms with Crippen molar-refractivity contribution >= 4 is 27.6 Å². The Morgan fingerprint density at radius 1 is 1.06 bits per heavy atom. The smallest absolute Gasteiger partial charge is 0.338 e. The van der Waals surface area contributed by atoms with Gasteiger partial charge in [-0.25, -0.2) is 13.2 Å². The summed E-state index contributed by atoms with van der Waals surface area (Å²) < 4.78 is 32.3. The first kappa shape index (κ1) is 22.4. The minimum Gasteiger partial charge on any atom is -0.457 e. The topological polar surface area (TPSA) is 127 Å². The number of hydrogen-bond acceptors (Lipinski definition) is 7. The number of nitrogens with zero attached hydrogens (tertiary/aromatic N) is 3. The van der Waals surface area contributed by atoms with Crippen molar-refractivity contribution in [2.24, 2.45) is 0 Å². The van der Waals surface area contributed by atoms with E-state index in [1.807, 2.05) is 0 Å². The Balaban J connectivity index is 1.72. The van der Waals surface area contributed by atoms with Crippen molar-refractivity contribution in [3.8, 4) is 0 Å². The zero-order valence-electron chi connectivity index (χ0n) is 16.8. The number of para-hydroxylation sites is 1. The van der Waals surface area contributed by atoms with E-state index in [0.717, 1.165) is 0 Å². The van der Waals surface area contributed by atoms with Crippen molar-refractivity contribution in [3.05, 3.63) is 69.8 Å². The number of carbonyl (C=O) groups excluding carboxylic acids is 2. The maximum Gasteiger partial charge on any atom is 0.338 e. The fourth-order valence-corrected chi connectivity index (χ4v) is 4.68. The molecular formula is C20H21N3O7S.